The molecule has 0 saturated heterocycles. The predicted molar refractivity (Wildman–Crippen MR) is 73.3 cm³/mol. The standard InChI is InChI=1S/C13H24N2S/c1-4-12(9-14-3)10-15-7-5-13-11(2)6-8-16-13/h6,8,12,14-15H,4-5,7,9-10H2,1-3H3. The normalized spacial score (nSPS) is 12.9. The van der Waals surface area contributed by atoms with Crippen LogP contribution in [0.15, 0.2) is 11.4 Å². The number of thiophene rings is 1. The van der Waals surface area contributed by atoms with Gasteiger partial charge in [0.1, 0.15) is 0 Å². The van der Waals surface area contributed by atoms with Crippen LogP contribution in [0.1, 0.15) is 23.8 Å². The minimum Gasteiger partial charge on any atom is -0.319 e. The van der Waals surface area contributed by atoms with Crippen molar-refractivity contribution in [2.75, 3.05) is 26.7 Å². The fourth-order valence-corrected chi connectivity index (χ4v) is 2.73. The number of rotatable bonds is 8. The van der Waals surface area contributed by atoms with E-state index in [-0.39, 0.29) is 0 Å². The summed E-state index contributed by atoms with van der Waals surface area (Å²) in [6.07, 6.45) is 2.41. The van der Waals surface area contributed by atoms with Gasteiger partial charge in [0.05, 0.1) is 0 Å². The number of hydrogen-bond acceptors (Lipinski definition) is 3. The molecule has 2 N–H and O–H groups in total. The van der Waals surface area contributed by atoms with Crippen molar-refractivity contribution in [2.45, 2.75) is 26.7 Å². The van der Waals surface area contributed by atoms with Crippen LogP contribution in [-0.2, 0) is 6.42 Å². The molecule has 0 spiro atoms. The van der Waals surface area contributed by atoms with E-state index in [1.165, 1.54) is 23.3 Å². The fourth-order valence-electron chi connectivity index (χ4n) is 1.82. The monoisotopic (exact) mass is 240 g/mol. The zero-order chi connectivity index (χ0) is 11.8. The highest BCUT2D eigenvalue weighted by atomic mass is 32.1. The third-order valence-corrected chi connectivity index (χ3v) is 4.08. The van der Waals surface area contributed by atoms with Gasteiger partial charge in [-0.15, -0.1) is 11.3 Å². The van der Waals surface area contributed by atoms with Gasteiger partial charge in [0.2, 0.25) is 0 Å². The summed E-state index contributed by atoms with van der Waals surface area (Å²) in [5.41, 5.74) is 1.44. The number of hydrogen-bond donors (Lipinski definition) is 2. The molecular weight excluding hydrogens is 216 g/mol. The molecule has 3 heteroatoms. The van der Waals surface area contributed by atoms with Gasteiger partial charge in [-0.25, -0.2) is 0 Å². The summed E-state index contributed by atoms with van der Waals surface area (Å²) in [6.45, 7) is 7.79. The Morgan fingerprint density at radius 3 is 2.75 bits per heavy atom. The van der Waals surface area contributed by atoms with E-state index in [4.69, 9.17) is 0 Å². The van der Waals surface area contributed by atoms with Crippen LogP contribution in [0, 0.1) is 12.8 Å². The smallest absolute Gasteiger partial charge is 0.00870 e. The Labute approximate surface area is 103 Å². The molecule has 0 aliphatic heterocycles. The molecule has 0 aromatic carbocycles. The Balaban J connectivity index is 2.14. The maximum atomic E-state index is 3.55. The molecule has 16 heavy (non-hydrogen) atoms. The number of nitrogens with one attached hydrogen (secondary N) is 2. The Hall–Kier alpha value is -0.380. The van der Waals surface area contributed by atoms with E-state index in [2.05, 4.69) is 35.9 Å². The minimum atomic E-state index is 0.759. The maximum Gasteiger partial charge on any atom is 0.00870 e. The van der Waals surface area contributed by atoms with Gasteiger partial charge in [0.15, 0.2) is 0 Å². The molecule has 1 rings (SSSR count). The summed E-state index contributed by atoms with van der Waals surface area (Å²) in [4.78, 5) is 1.52. The summed E-state index contributed by atoms with van der Waals surface area (Å²) in [6, 6.07) is 2.20. The highest BCUT2D eigenvalue weighted by Crippen LogP contribution is 2.15. The van der Waals surface area contributed by atoms with Gasteiger partial charge >= 0.3 is 0 Å². The average molecular weight is 240 g/mol. The quantitative estimate of drug-likeness (QED) is 0.682. The van der Waals surface area contributed by atoms with Gasteiger partial charge in [-0.05, 0) is 63.0 Å². The molecule has 92 valence electrons. The largest absolute Gasteiger partial charge is 0.319 e. The molecule has 2 nitrogen and oxygen atoms in total. The van der Waals surface area contributed by atoms with Crippen molar-refractivity contribution in [1.82, 2.24) is 10.6 Å². The van der Waals surface area contributed by atoms with Crippen LogP contribution >= 0.6 is 11.3 Å². The van der Waals surface area contributed by atoms with E-state index in [0.29, 0.717) is 0 Å². The molecule has 0 aliphatic carbocycles. The molecule has 1 aromatic rings. The van der Waals surface area contributed by atoms with Crippen molar-refractivity contribution in [3.8, 4) is 0 Å². The molecule has 1 atom stereocenters. The van der Waals surface area contributed by atoms with Gasteiger partial charge in [0, 0.05) is 4.88 Å². The zero-order valence-corrected chi connectivity index (χ0v) is 11.5. The second-order valence-corrected chi connectivity index (χ2v) is 5.31. The molecular formula is C13H24N2S. The number of aryl methyl sites for hydroxylation is 1. The van der Waals surface area contributed by atoms with Crippen molar-refractivity contribution in [3.05, 3.63) is 21.9 Å². The van der Waals surface area contributed by atoms with E-state index in [0.717, 1.165) is 25.6 Å². The summed E-state index contributed by atoms with van der Waals surface area (Å²) >= 11 is 1.87. The van der Waals surface area contributed by atoms with Crippen LogP contribution in [0.5, 0.6) is 0 Å². The third-order valence-electron chi connectivity index (χ3n) is 3.00. The summed E-state index contributed by atoms with van der Waals surface area (Å²) in [5, 5.41) is 8.98. The maximum absolute atomic E-state index is 3.55. The molecule has 0 bridgehead atoms. The second-order valence-electron chi connectivity index (χ2n) is 4.31. The lowest BCUT2D eigenvalue weighted by atomic mass is 10.1. The molecule has 1 aromatic heterocycles. The van der Waals surface area contributed by atoms with Crippen molar-refractivity contribution >= 4 is 11.3 Å². The van der Waals surface area contributed by atoms with Crippen molar-refractivity contribution in [3.63, 3.8) is 0 Å². The van der Waals surface area contributed by atoms with Crippen LogP contribution in [0.2, 0.25) is 0 Å². The first-order valence-corrected chi connectivity index (χ1v) is 7.04. The zero-order valence-electron chi connectivity index (χ0n) is 10.7. The predicted octanol–water partition coefficient (Wildman–Crippen LogP) is 2.43. The first kappa shape index (κ1) is 13.7. The first-order chi connectivity index (χ1) is 7.77. The lowest BCUT2D eigenvalue weighted by molar-refractivity contribution is 0.447. The van der Waals surface area contributed by atoms with Gasteiger partial charge in [-0.2, -0.15) is 0 Å². The SMILES string of the molecule is CCC(CNC)CNCCc1sccc1C. The lowest BCUT2D eigenvalue weighted by Gasteiger charge is -2.14. The van der Waals surface area contributed by atoms with Crippen molar-refractivity contribution < 1.29 is 0 Å². The van der Waals surface area contributed by atoms with Crippen molar-refractivity contribution in [2.24, 2.45) is 5.92 Å². The Kier molecular flexibility index (Phi) is 6.69. The van der Waals surface area contributed by atoms with Gasteiger partial charge in [-0.1, -0.05) is 13.3 Å². The van der Waals surface area contributed by atoms with Gasteiger partial charge < -0.3 is 10.6 Å². The second kappa shape index (κ2) is 7.82. The molecule has 0 aliphatic rings. The third kappa shape index (κ3) is 4.64. The molecule has 1 heterocycles. The van der Waals surface area contributed by atoms with Crippen molar-refractivity contribution in [1.29, 1.82) is 0 Å². The van der Waals surface area contributed by atoms with Crippen LogP contribution in [0.3, 0.4) is 0 Å². The first-order valence-electron chi connectivity index (χ1n) is 6.16. The highest BCUT2D eigenvalue weighted by Gasteiger charge is 2.04. The van der Waals surface area contributed by atoms with Gasteiger partial charge in [0.25, 0.3) is 0 Å². The van der Waals surface area contributed by atoms with Crippen LogP contribution < -0.4 is 10.6 Å². The average Bonchev–Trinajstić information content (AvgIpc) is 2.69. The molecule has 0 amide bonds. The Morgan fingerprint density at radius 1 is 1.38 bits per heavy atom. The van der Waals surface area contributed by atoms with Crippen LogP contribution in [-0.4, -0.2) is 26.7 Å². The Bertz CT molecular complexity index is 283. The fraction of sp³-hybridized carbons (Fsp3) is 0.692. The minimum absolute atomic E-state index is 0.759. The van der Waals surface area contributed by atoms with Crippen LogP contribution in [0.25, 0.3) is 0 Å². The Morgan fingerprint density at radius 2 is 2.19 bits per heavy atom. The summed E-state index contributed by atoms with van der Waals surface area (Å²) < 4.78 is 0. The van der Waals surface area contributed by atoms with Crippen LogP contribution in [0.4, 0.5) is 0 Å². The molecule has 0 radical (unpaired) electrons. The van der Waals surface area contributed by atoms with E-state index >= 15 is 0 Å². The topological polar surface area (TPSA) is 24.1 Å². The highest BCUT2D eigenvalue weighted by molar-refractivity contribution is 7.10. The van der Waals surface area contributed by atoms with E-state index < -0.39 is 0 Å². The van der Waals surface area contributed by atoms with E-state index in [1.54, 1.807) is 0 Å². The molecule has 0 saturated carbocycles. The lowest BCUT2D eigenvalue weighted by Crippen LogP contribution is -2.30. The van der Waals surface area contributed by atoms with E-state index in [9.17, 15) is 0 Å². The molecule has 1 unspecified atom stereocenters. The summed E-state index contributed by atoms with van der Waals surface area (Å²) in [7, 11) is 2.03. The van der Waals surface area contributed by atoms with E-state index in [1.807, 2.05) is 18.4 Å². The van der Waals surface area contributed by atoms with Gasteiger partial charge in [-0.3, -0.25) is 0 Å². The molecule has 0 fully saturated rings. The summed E-state index contributed by atoms with van der Waals surface area (Å²) in [5.74, 6) is 0.759.